The van der Waals surface area contributed by atoms with E-state index >= 15 is 0 Å². The van der Waals surface area contributed by atoms with Crippen molar-refractivity contribution in [2.45, 2.75) is 44.6 Å². The average molecular weight is 419 g/mol. The zero-order valence-electron chi connectivity index (χ0n) is 17.3. The Bertz CT molecular complexity index is 898. The van der Waals surface area contributed by atoms with Gasteiger partial charge in [-0.2, -0.15) is 4.31 Å². The quantitative estimate of drug-likeness (QED) is 0.563. The summed E-state index contributed by atoms with van der Waals surface area (Å²) in [5.74, 6) is 0.407. The molecule has 0 unspecified atom stereocenters. The molecule has 1 amide bonds. The summed E-state index contributed by atoms with van der Waals surface area (Å²) in [6.45, 7) is 5.15. The van der Waals surface area contributed by atoms with Crippen LogP contribution in [-0.2, 0) is 16.6 Å². The van der Waals surface area contributed by atoms with Gasteiger partial charge >= 0.3 is 0 Å². The fourth-order valence-corrected chi connectivity index (χ4v) is 4.09. The van der Waals surface area contributed by atoms with Crippen molar-refractivity contribution in [2.75, 3.05) is 20.2 Å². The Morgan fingerprint density at radius 1 is 1.07 bits per heavy atom. The van der Waals surface area contributed by atoms with Gasteiger partial charge in [-0.05, 0) is 43.7 Å². The lowest BCUT2D eigenvalue weighted by atomic mass is 10.1. The molecule has 158 valence electrons. The van der Waals surface area contributed by atoms with Gasteiger partial charge in [0, 0.05) is 31.3 Å². The van der Waals surface area contributed by atoms with E-state index < -0.39 is 10.0 Å². The van der Waals surface area contributed by atoms with Crippen LogP contribution in [0, 0.1) is 0 Å². The second-order valence-corrected chi connectivity index (χ2v) is 8.84. The number of hydrogen-bond acceptors (Lipinski definition) is 4. The molecule has 0 spiro atoms. The first kappa shape index (κ1) is 22.9. The predicted octanol–water partition coefficient (Wildman–Crippen LogP) is 3.83. The van der Waals surface area contributed by atoms with Crippen molar-refractivity contribution in [3.63, 3.8) is 0 Å². The minimum Gasteiger partial charge on any atom is -0.494 e. The molecule has 0 fully saturated rings. The van der Waals surface area contributed by atoms with Crippen molar-refractivity contribution in [2.24, 2.45) is 0 Å². The third-order valence-corrected chi connectivity index (χ3v) is 6.35. The number of rotatable bonds is 11. The minimum absolute atomic E-state index is 0.101. The SMILES string of the molecule is CCCCCNC(=O)c1ccc(OCC)c(CN(C)S(=O)(=O)c2ccccc2)c1. The number of amides is 1. The molecular formula is C22H30N2O4S. The van der Waals surface area contributed by atoms with E-state index in [2.05, 4.69) is 12.2 Å². The lowest BCUT2D eigenvalue weighted by molar-refractivity contribution is 0.0953. The van der Waals surface area contributed by atoms with Crippen LogP contribution in [0.15, 0.2) is 53.4 Å². The molecule has 0 aliphatic rings. The van der Waals surface area contributed by atoms with Gasteiger partial charge in [0.15, 0.2) is 0 Å². The van der Waals surface area contributed by atoms with Gasteiger partial charge in [0.25, 0.3) is 5.91 Å². The van der Waals surface area contributed by atoms with Crippen LogP contribution in [0.25, 0.3) is 0 Å². The Hall–Kier alpha value is -2.38. The van der Waals surface area contributed by atoms with E-state index in [-0.39, 0.29) is 17.3 Å². The maximum absolute atomic E-state index is 12.8. The van der Waals surface area contributed by atoms with Gasteiger partial charge in [0.2, 0.25) is 10.0 Å². The fourth-order valence-electron chi connectivity index (χ4n) is 2.92. The number of carbonyl (C=O) groups is 1. The zero-order chi connectivity index (χ0) is 21.3. The Labute approximate surface area is 173 Å². The smallest absolute Gasteiger partial charge is 0.251 e. The number of ether oxygens (including phenoxy) is 1. The van der Waals surface area contributed by atoms with Crippen molar-refractivity contribution in [3.05, 3.63) is 59.7 Å². The highest BCUT2D eigenvalue weighted by Gasteiger charge is 2.22. The molecule has 0 saturated heterocycles. The third-order valence-electron chi connectivity index (χ3n) is 4.53. The van der Waals surface area contributed by atoms with E-state index in [9.17, 15) is 13.2 Å². The summed E-state index contributed by atoms with van der Waals surface area (Å²) in [6, 6.07) is 13.4. The lowest BCUT2D eigenvalue weighted by Crippen LogP contribution is -2.27. The number of nitrogens with one attached hydrogen (secondary N) is 1. The van der Waals surface area contributed by atoms with Gasteiger partial charge in [-0.15, -0.1) is 0 Å². The van der Waals surface area contributed by atoms with Gasteiger partial charge in [-0.1, -0.05) is 38.0 Å². The molecule has 0 atom stereocenters. The summed E-state index contributed by atoms with van der Waals surface area (Å²) in [7, 11) is -2.12. The van der Waals surface area contributed by atoms with E-state index in [1.807, 2.05) is 6.92 Å². The summed E-state index contributed by atoms with van der Waals surface area (Å²) in [4.78, 5) is 12.7. The van der Waals surface area contributed by atoms with Gasteiger partial charge in [0.05, 0.1) is 11.5 Å². The third kappa shape index (κ3) is 6.30. The van der Waals surface area contributed by atoms with E-state index in [1.165, 1.54) is 11.4 Å². The molecule has 0 heterocycles. The number of hydrogen-bond donors (Lipinski definition) is 1. The van der Waals surface area contributed by atoms with Crippen molar-refractivity contribution >= 4 is 15.9 Å². The summed E-state index contributed by atoms with van der Waals surface area (Å²) < 4.78 is 32.6. The Kier molecular flexibility index (Phi) is 8.67. The Morgan fingerprint density at radius 3 is 2.45 bits per heavy atom. The number of benzene rings is 2. The molecule has 1 N–H and O–H groups in total. The molecule has 2 aromatic rings. The number of nitrogens with zero attached hydrogens (tertiary/aromatic N) is 1. The van der Waals surface area contributed by atoms with E-state index in [4.69, 9.17) is 4.74 Å². The monoisotopic (exact) mass is 418 g/mol. The summed E-state index contributed by atoms with van der Waals surface area (Å²) in [5, 5.41) is 2.91. The van der Waals surface area contributed by atoms with Crippen molar-refractivity contribution in [3.8, 4) is 5.75 Å². The van der Waals surface area contributed by atoms with Crippen LogP contribution in [0.1, 0.15) is 49.0 Å². The zero-order valence-corrected chi connectivity index (χ0v) is 18.2. The summed E-state index contributed by atoms with van der Waals surface area (Å²) in [6.07, 6.45) is 3.09. The maximum Gasteiger partial charge on any atom is 0.251 e. The first-order chi connectivity index (χ1) is 13.9. The van der Waals surface area contributed by atoms with Crippen molar-refractivity contribution in [1.29, 1.82) is 0 Å². The first-order valence-electron chi connectivity index (χ1n) is 9.95. The standard InChI is InChI=1S/C22H30N2O4S/c1-4-6-10-15-23-22(25)18-13-14-21(28-5-2)19(16-18)17-24(3)29(26,27)20-11-8-7-9-12-20/h7-9,11-14,16H,4-6,10,15,17H2,1-3H3,(H,23,25). The fraction of sp³-hybridized carbons (Fsp3) is 0.409. The highest BCUT2D eigenvalue weighted by atomic mass is 32.2. The molecule has 0 aliphatic heterocycles. The average Bonchev–Trinajstić information content (AvgIpc) is 2.73. The maximum atomic E-state index is 12.8. The Morgan fingerprint density at radius 2 is 1.79 bits per heavy atom. The molecule has 0 bridgehead atoms. The molecular weight excluding hydrogens is 388 g/mol. The predicted molar refractivity (Wildman–Crippen MR) is 115 cm³/mol. The molecule has 0 saturated carbocycles. The second kappa shape index (κ2) is 11.0. The molecule has 0 radical (unpaired) electrons. The molecule has 6 nitrogen and oxygen atoms in total. The number of unbranched alkanes of at least 4 members (excludes halogenated alkanes) is 2. The van der Waals surface area contributed by atoms with Crippen LogP contribution in [0.5, 0.6) is 5.75 Å². The number of carbonyl (C=O) groups excluding carboxylic acids is 1. The van der Waals surface area contributed by atoms with Crippen molar-refractivity contribution < 1.29 is 17.9 Å². The van der Waals surface area contributed by atoms with E-state index in [0.717, 1.165) is 19.3 Å². The minimum atomic E-state index is -3.65. The van der Waals surface area contributed by atoms with Crippen molar-refractivity contribution in [1.82, 2.24) is 9.62 Å². The molecule has 29 heavy (non-hydrogen) atoms. The molecule has 0 aromatic heterocycles. The molecule has 2 aromatic carbocycles. The van der Waals surface area contributed by atoms with Crippen LogP contribution in [0.3, 0.4) is 0 Å². The van der Waals surface area contributed by atoms with Gasteiger partial charge < -0.3 is 10.1 Å². The van der Waals surface area contributed by atoms with Gasteiger partial charge in [-0.25, -0.2) is 8.42 Å². The van der Waals surface area contributed by atoms with Crippen LogP contribution < -0.4 is 10.1 Å². The topological polar surface area (TPSA) is 75.7 Å². The highest BCUT2D eigenvalue weighted by molar-refractivity contribution is 7.89. The Balaban J connectivity index is 2.22. The largest absolute Gasteiger partial charge is 0.494 e. The van der Waals surface area contributed by atoms with Crippen LogP contribution in [0.4, 0.5) is 0 Å². The second-order valence-electron chi connectivity index (χ2n) is 6.79. The first-order valence-corrected chi connectivity index (χ1v) is 11.4. The van der Waals surface area contributed by atoms with Crippen LogP contribution in [0.2, 0.25) is 0 Å². The highest BCUT2D eigenvalue weighted by Crippen LogP contribution is 2.24. The van der Waals surface area contributed by atoms with Crippen LogP contribution >= 0.6 is 0 Å². The van der Waals surface area contributed by atoms with E-state index in [0.29, 0.717) is 30.0 Å². The normalized spacial score (nSPS) is 11.4. The van der Waals surface area contributed by atoms with Crippen LogP contribution in [-0.4, -0.2) is 38.8 Å². The molecule has 7 heteroatoms. The molecule has 0 aliphatic carbocycles. The van der Waals surface area contributed by atoms with Gasteiger partial charge in [-0.3, -0.25) is 4.79 Å². The lowest BCUT2D eigenvalue weighted by Gasteiger charge is -2.20. The van der Waals surface area contributed by atoms with E-state index in [1.54, 1.807) is 48.5 Å². The summed E-state index contributed by atoms with van der Waals surface area (Å²) in [5.41, 5.74) is 1.14. The number of sulfonamides is 1. The molecule has 2 rings (SSSR count). The summed E-state index contributed by atoms with van der Waals surface area (Å²) >= 11 is 0. The van der Waals surface area contributed by atoms with Gasteiger partial charge in [0.1, 0.15) is 5.75 Å².